The lowest BCUT2D eigenvalue weighted by molar-refractivity contribution is 0.0952. The van der Waals surface area contributed by atoms with Gasteiger partial charge in [0, 0.05) is 6.04 Å². The van der Waals surface area contributed by atoms with Crippen LogP contribution < -0.4 is 11.3 Å². The lowest BCUT2D eigenvalue weighted by Gasteiger charge is -2.30. The normalized spacial score (nSPS) is 16.8. The van der Waals surface area contributed by atoms with Crippen molar-refractivity contribution in [3.8, 4) is 0 Å². The van der Waals surface area contributed by atoms with Crippen molar-refractivity contribution < 1.29 is 9.21 Å². The molecule has 2 rings (SSSR count). The fourth-order valence-corrected chi connectivity index (χ4v) is 2.82. The highest BCUT2D eigenvalue weighted by molar-refractivity contribution is 5.94. The third-order valence-electron chi connectivity index (χ3n) is 3.95. The Morgan fingerprint density at radius 2 is 2.16 bits per heavy atom. The summed E-state index contributed by atoms with van der Waals surface area (Å²) in [5.74, 6) is 6.29. The second-order valence-corrected chi connectivity index (χ2v) is 5.36. The SMILES string of the molecule is Cc1oc(CN(C)C2CCCCC2)cc1C(=O)NN. The summed E-state index contributed by atoms with van der Waals surface area (Å²) in [4.78, 5) is 13.8. The molecule has 0 aliphatic heterocycles. The Bertz CT molecular complexity index is 436. The monoisotopic (exact) mass is 265 g/mol. The molecule has 1 amide bonds. The summed E-state index contributed by atoms with van der Waals surface area (Å²) in [6.07, 6.45) is 6.49. The summed E-state index contributed by atoms with van der Waals surface area (Å²) in [6, 6.07) is 2.42. The Labute approximate surface area is 114 Å². The number of nitrogens with one attached hydrogen (secondary N) is 1. The molecule has 1 aromatic heterocycles. The van der Waals surface area contributed by atoms with Crippen molar-refractivity contribution in [3.63, 3.8) is 0 Å². The van der Waals surface area contributed by atoms with E-state index in [0.717, 1.165) is 12.3 Å². The van der Waals surface area contributed by atoms with E-state index in [2.05, 4.69) is 17.4 Å². The minimum atomic E-state index is -0.298. The zero-order valence-corrected chi connectivity index (χ0v) is 11.7. The highest BCUT2D eigenvalue weighted by Gasteiger charge is 2.20. The zero-order chi connectivity index (χ0) is 13.8. The van der Waals surface area contributed by atoms with Gasteiger partial charge in [-0.15, -0.1) is 0 Å². The highest BCUT2D eigenvalue weighted by Crippen LogP contribution is 2.24. The largest absolute Gasteiger partial charge is 0.464 e. The summed E-state index contributed by atoms with van der Waals surface area (Å²) in [5, 5.41) is 0. The molecule has 106 valence electrons. The first-order chi connectivity index (χ1) is 9.11. The van der Waals surface area contributed by atoms with E-state index in [0.29, 0.717) is 17.4 Å². The molecule has 5 nitrogen and oxygen atoms in total. The van der Waals surface area contributed by atoms with Crippen molar-refractivity contribution in [2.24, 2.45) is 5.84 Å². The zero-order valence-electron chi connectivity index (χ0n) is 11.7. The van der Waals surface area contributed by atoms with Gasteiger partial charge in [0.05, 0.1) is 12.1 Å². The molecule has 1 saturated carbocycles. The van der Waals surface area contributed by atoms with E-state index in [1.165, 1.54) is 32.1 Å². The quantitative estimate of drug-likeness (QED) is 0.496. The minimum Gasteiger partial charge on any atom is -0.464 e. The lowest BCUT2D eigenvalue weighted by Crippen LogP contribution is -2.32. The number of nitrogen functional groups attached to an aromatic ring is 1. The van der Waals surface area contributed by atoms with E-state index in [4.69, 9.17) is 10.3 Å². The predicted molar refractivity (Wildman–Crippen MR) is 73.4 cm³/mol. The molecular weight excluding hydrogens is 242 g/mol. The van der Waals surface area contributed by atoms with Crippen molar-refractivity contribution in [2.45, 2.75) is 51.6 Å². The van der Waals surface area contributed by atoms with Crippen LogP contribution in [0, 0.1) is 6.92 Å². The Kier molecular flexibility index (Phi) is 4.61. The molecule has 19 heavy (non-hydrogen) atoms. The van der Waals surface area contributed by atoms with E-state index in [9.17, 15) is 4.79 Å². The van der Waals surface area contributed by atoms with E-state index in [-0.39, 0.29) is 5.91 Å². The number of hydrogen-bond acceptors (Lipinski definition) is 4. The Hall–Kier alpha value is -1.33. The first kappa shape index (κ1) is 14.1. The first-order valence-electron chi connectivity index (χ1n) is 6.92. The van der Waals surface area contributed by atoms with Crippen LogP contribution in [0.2, 0.25) is 0 Å². The standard InChI is InChI=1S/C14H23N3O2/c1-10-13(14(18)16-15)8-12(19-10)9-17(2)11-6-4-3-5-7-11/h8,11H,3-7,9,15H2,1-2H3,(H,16,18). The number of hydrazine groups is 1. The minimum absolute atomic E-state index is 0.298. The van der Waals surface area contributed by atoms with Gasteiger partial charge in [0.2, 0.25) is 0 Å². The van der Waals surface area contributed by atoms with Crippen LogP contribution in [0.1, 0.15) is 54.0 Å². The molecule has 1 heterocycles. The van der Waals surface area contributed by atoms with Crippen LogP contribution in [0.15, 0.2) is 10.5 Å². The van der Waals surface area contributed by atoms with Crippen molar-refractivity contribution >= 4 is 5.91 Å². The number of carbonyl (C=O) groups excluding carboxylic acids is 1. The molecule has 0 saturated heterocycles. The highest BCUT2D eigenvalue weighted by atomic mass is 16.3. The van der Waals surface area contributed by atoms with Crippen LogP contribution >= 0.6 is 0 Å². The van der Waals surface area contributed by atoms with E-state index < -0.39 is 0 Å². The molecule has 0 unspecified atom stereocenters. The lowest BCUT2D eigenvalue weighted by atomic mass is 9.94. The molecule has 1 fully saturated rings. The fraction of sp³-hybridized carbons (Fsp3) is 0.643. The molecule has 3 N–H and O–H groups in total. The smallest absolute Gasteiger partial charge is 0.268 e. The van der Waals surface area contributed by atoms with Crippen molar-refractivity contribution in [1.29, 1.82) is 0 Å². The summed E-state index contributed by atoms with van der Waals surface area (Å²) in [5.41, 5.74) is 2.66. The molecule has 1 aliphatic rings. The molecule has 1 aromatic rings. The van der Waals surface area contributed by atoms with Gasteiger partial charge in [-0.1, -0.05) is 19.3 Å². The van der Waals surface area contributed by atoms with Crippen LogP contribution in [-0.2, 0) is 6.54 Å². The maximum Gasteiger partial charge on any atom is 0.268 e. The van der Waals surface area contributed by atoms with Gasteiger partial charge in [-0.2, -0.15) is 0 Å². The third kappa shape index (κ3) is 3.36. The first-order valence-corrected chi connectivity index (χ1v) is 6.92. The van der Waals surface area contributed by atoms with Gasteiger partial charge in [0.1, 0.15) is 11.5 Å². The van der Waals surface area contributed by atoms with Crippen LogP contribution in [0.3, 0.4) is 0 Å². The number of hydrogen-bond donors (Lipinski definition) is 2. The number of amides is 1. The van der Waals surface area contributed by atoms with Crippen LogP contribution in [0.4, 0.5) is 0 Å². The molecule has 0 atom stereocenters. The number of aryl methyl sites for hydroxylation is 1. The molecule has 0 spiro atoms. The Morgan fingerprint density at radius 1 is 1.47 bits per heavy atom. The average molecular weight is 265 g/mol. The van der Waals surface area contributed by atoms with Gasteiger partial charge in [0.15, 0.2) is 0 Å². The van der Waals surface area contributed by atoms with E-state index in [1.807, 2.05) is 0 Å². The third-order valence-corrected chi connectivity index (χ3v) is 3.95. The number of rotatable bonds is 4. The van der Waals surface area contributed by atoms with Crippen molar-refractivity contribution in [1.82, 2.24) is 10.3 Å². The number of carbonyl (C=O) groups is 1. The molecule has 0 aromatic carbocycles. The van der Waals surface area contributed by atoms with Gasteiger partial charge in [-0.3, -0.25) is 15.1 Å². The molecule has 0 bridgehead atoms. The van der Waals surface area contributed by atoms with Crippen LogP contribution in [-0.4, -0.2) is 23.9 Å². The number of furan rings is 1. The van der Waals surface area contributed by atoms with E-state index in [1.54, 1.807) is 13.0 Å². The topological polar surface area (TPSA) is 71.5 Å². The fourth-order valence-electron chi connectivity index (χ4n) is 2.82. The van der Waals surface area contributed by atoms with Gasteiger partial charge in [-0.25, -0.2) is 5.84 Å². The summed E-state index contributed by atoms with van der Waals surface area (Å²) in [6.45, 7) is 2.53. The second kappa shape index (κ2) is 6.21. The average Bonchev–Trinajstić information content (AvgIpc) is 2.79. The summed E-state index contributed by atoms with van der Waals surface area (Å²) >= 11 is 0. The Morgan fingerprint density at radius 3 is 2.79 bits per heavy atom. The van der Waals surface area contributed by atoms with Gasteiger partial charge in [-0.05, 0) is 32.9 Å². The van der Waals surface area contributed by atoms with Gasteiger partial charge >= 0.3 is 0 Å². The Balaban J connectivity index is 2.00. The van der Waals surface area contributed by atoms with E-state index >= 15 is 0 Å². The second-order valence-electron chi connectivity index (χ2n) is 5.36. The molecule has 0 radical (unpaired) electrons. The number of nitrogens with zero attached hydrogens (tertiary/aromatic N) is 1. The summed E-state index contributed by atoms with van der Waals surface area (Å²) in [7, 11) is 2.12. The summed E-state index contributed by atoms with van der Waals surface area (Å²) < 4.78 is 5.64. The molecular formula is C14H23N3O2. The van der Waals surface area contributed by atoms with Crippen LogP contribution in [0.25, 0.3) is 0 Å². The van der Waals surface area contributed by atoms with Crippen molar-refractivity contribution in [3.05, 3.63) is 23.2 Å². The number of nitrogens with two attached hydrogens (primary N) is 1. The maximum atomic E-state index is 11.5. The maximum absolute atomic E-state index is 11.5. The molecule has 1 aliphatic carbocycles. The van der Waals surface area contributed by atoms with Gasteiger partial charge in [0.25, 0.3) is 5.91 Å². The van der Waals surface area contributed by atoms with Crippen LogP contribution in [0.5, 0.6) is 0 Å². The van der Waals surface area contributed by atoms with Crippen molar-refractivity contribution in [2.75, 3.05) is 7.05 Å². The molecule has 5 heteroatoms. The van der Waals surface area contributed by atoms with Gasteiger partial charge < -0.3 is 4.42 Å². The predicted octanol–water partition coefficient (Wildman–Crippen LogP) is 1.96.